The van der Waals surface area contributed by atoms with Gasteiger partial charge in [-0.2, -0.15) is 0 Å². The Bertz CT molecular complexity index is 361. The number of rotatable bonds is 2. The Morgan fingerprint density at radius 2 is 1.76 bits per heavy atom. The van der Waals surface area contributed by atoms with Gasteiger partial charge in [-0.15, -0.1) is 0 Å². The first-order chi connectivity index (χ1) is 8.06. The average molecular weight is 238 g/mol. The quantitative estimate of drug-likeness (QED) is 0.679. The summed E-state index contributed by atoms with van der Waals surface area (Å²) >= 11 is 0. The lowest BCUT2D eigenvalue weighted by Gasteiger charge is -2.25. The van der Waals surface area contributed by atoms with Gasteiger partial charge in [-0.25, -0.2) is 0 Å². The standard InChI is InChI=1S/C12H18N2O3/c13-11(16)10-4-9(15)5-14(10)12(17)8-2-6-1-7(6)3-8/h6-10,15H,1-5H2,(H2,13,16). The molecule has 5 nitrogen and oxygen atoms in total. The summed E-state index contributed by atoms with van der Waals surface area (Å²) < 4.78 is 0. The lowest BCUT2D eigenvalue weighted by Crippen LogP contribution is -2.46. The van der Waals surface area contributed by atoms with E-state index in [0.717, 1.165) is 24.7 Å². The highest BCUT2D eigenvalue weighted by atomic mass is 16.3. The van der Waals surface area contributed by atoms with Gasteiger partial charge in [-0.1, -0.05) is 0 Å². The summed E-state index contributed by atoms with van der Waals surface area (Å²) in [6, 6.07) is -0.602. The third-order valence-electron chi connectivity index (χ3n) is 4.48. The molecule has 0 bridgehead atoms. The number of aliphatic hydroxyl groups is 1. The van der Waals surface area contributed by atoms with Crippen LogP contribution in [0.2, 0.25) is 0 Å². The van der Waals surface area contributed by atoms with Crippen LogP contribution in [-0.2, 0) is 9.59 Å². The van der Waals surface area contributed by atoms with Crippen LogP contribution in [0.25, 0.3) is 0 Å². The van der Waals surface area contributed by atoms with Crippen LogP contribution in [0.3, 0.4) is 0 Å². The number of carbonyl (C=O) groups is 2. The third kappa shape index (κ3) is 1.82. The first kappa shape index (κ1) is 11.0. The van der Waals surface area contributed by atoms with Gasteiger partial charge in [0, 0.05) is 18.9 Å². The molecule has 0 spiro atoms. The highest BCUT2D eigenvalue weighted by Gasteiger charge is 2.50. The molecule has 1 aliphatic heterocycles. The maximum atomic E-state index is 12.3. The molecule has 0 radical (unpaired) electrons. The minimum Gasteiger partial charge on any atom is -0.391 e. The number of aliphatic hydroxyl groups excluding tert-OH is 1. The van der Waals surface area contributed by atoms with Crippen molar-refractivity contribution in [2.45, 2.75) is 37.8 Å². The number of β-amino-alcohol motifs (C(OH)–C–C–N with tert-alkyl or cyclic N) is 1. The van der Waals surface area contributed by atoms with Crippen LogP contribution < -0.4 is 5.73 Å². The zero-order valence-corrected chi connectivity index (χ0v) is 9.71. The predicted molar refractivity (Wildman–Crippen MR) is 59.6 cm³/mol. The molecule has 2 amide bonds. The summed E-state index contributed by atoms with van der Waals surface area (Å²) in [7, 11) is 0. The molecule has 2 aliphatic carbocycles. The van der Waals surface area contributed by atoms with Crippen molar-refractivity contribution in [1.29, 1.82) is 0 Å². The molecule has 0 aromatic rings. The summed E-state index contributed by atoms with van der Waals surface area (Å²) in [5.74, 6) is 1.06. The molecule has 2 saturated carbocycles. The zero-order chi connectivity index (χ0) is 12.2. The number of nitrogens with two attached hydrogens (primary N) is 1. The van der Waals surface area contributed by atoms with Crippen LogP contribution in [-0.4, -0.2) is 40.5 Å². The second-order valence-electron chi connectivity index (χ2n) is 5.72. The molecular weight excluding hydrogens is 220 g/mol. The Morgan fingerprint density at radius 1 is 1.12 bits per heavy atom. The van der Waals surface area contributed by atoms with Crippen molar-refractivity contribution in [3.8, 4) is 0 Å². The summed E-state index contributed by atoms with van der Waals surface area (Å²) in [5.41, 5.74) is 5.28. The molecule has 0 aromatic carbocycles. The first-order valence-corrected chi connectivity index (χ1v) is 6.34. The number of carbonyl (C=O) groups excluding carboxylic acids is 2. The Balaban J connectivity index is 1.69. The zero-order valence-electron chi connectivity index (χ0n) is 9.71. The monoisotopic (exact) mass is 238 g/mol. The number of hydrogen-bond donors (Lipinski definition) is 2. The maximum Gasteiger partial charge on any atom is 0.240 e. The van der Waals surface area contributed by atoms with Gasteiger partial charge < -0.3 is 15.7 Å². The number of likely N-dealkylation sites (tertiary alicyclic amines) is 1. The van der Waals surface area contributed by atoms with Gasteiger partial charge in [0.05, 0.1) is 6.10 Å². The van der Waals surface area contributed by atoms with Gasteiger partial charge in [0.2, 0.25) is 11.8 Å². The van der Waals surface area contributed by atoms with Crippen molar-refractivity contribution in [3.05, 3.63) is 0 Å². The van der Waals surface area contributed by atoms with E-state index in [1.165, 1.54) is 11.3 Å². The molecule has 1 heterocycles. The molecule has 4 unspecified atom stereocenters. The number of nitrogens with zero attached hydrogens (tertiary/aromatic N) is 1. The lowest BCUT2D eigenvalue weighted by atomic mass is 10.0. The average Bonchev–Trinajstić information content (AvgIpc) is 2.74. The number of hydrogen-bond acceptors (Lipinski definition) is 3. The Morgan fingerprint density at radius 3 is 2.35 bits per heavy atom. The fourth-order valence-electron chi connectivity index (χ4n) is 3.48. The highest BCUT2D eigenvalue weighted by Crippen LogP contribution is 2.54. The second-order valence-corrected chi connectivity index (χ2v) is 5.72. The summed E-state index contributed by atoms with van der Waals surface area (Å²) in [5, 5.41) is 9.57. The van der Waals surface area contributed by atoms with Crippen LogP contribution in [0.15, 0.2) is 0 Å². The lowest BCUT2D eigenvalue weighted by molar-refractivity contribution is -0.140. The number of amides is 2. The normalized spacial score (nSPS) is 43.6. The molecule has 3 fully saturated rings. The number of primary amides is 1. The van der Waals surface area contributed by atoms with E-state index in [1.54, 1.807) is 0 Å². The second kappa shape index (κ2) is 3.70. The molecule has 17 heavy (non-hydrogen) atoms. The Hall–Kier alpha value is -1.10. The van der Waals surface area contributed by atoms with Crippen molar-refractivity contribution in [3.63, 3.8) is 0 Å². The highest BCUT2D eigenvalue weighted by molar-refractivity contribution is 5.88. The van der Waals surface area contributed by atoms with Gasteiger partial charge in [0.15, 0.2) is 0 Å². The van der Waals surface area contributed by atoms with Crippen LogP contribution >= 0.6 is 0 Å². The molecule has 3 aliphatic rings. The van der Waals surface area contributed by atoms with E-state index in [4.69, 9.17) is 5.73 Å². The van der Waals surface area contributed by atoms with Gasteiger partial charge in [-0.05, 0) is 31.1 Å². The Labute approximate surface area is 100.0 Å². The SMILES string of the molecule is NC(=O)C1CC(O)CN1C(=O)C1CC2CC2C1. The van der Waals surface area contributed by atoms with Crippen molar-refractivity contribution >= 4 is 11.8 Å². The molecule has 94 valence electrons. The molecule has 3 rings (SSSR count). The van der Waals surface area contributed by atoms with E-state index in [9.17, 15) is 14.7 Å². The fourth-order valence-corrected chi connectivity index (χ4v) is 3.48. The van der Waals surface area contributed by atoms with Gasteiger partial charge >= 0.3 is 0 Å². The predicted octanol–water partition coefficient (Wildman–Crippen LogP) is -0.520. The first-order valence-electron chi connectivity index (χ1n) is 6.34. The summed E-state index contributed by atoms with van der Waals surface area (Å²) in [4.78, 5) is 25.1. The van der Waals surface area contributed by atoms with E-state index < -0.39 is 18.1 Å². The van der Waals surface area contributed by atoms with E-state index in [-0.39, 0.29) is 18.4 Å². The van der Waals surface area contributed by atoms with Crippen molar-refractivity contribution in [2.75, 3.05) is 6.54 Å². The van der Waals surface area contributed by atoms with Gasteiger partial charge in [-0.3, -0.25) is 9.59 Å². The molecule has 0 aromatic heterocycles. The van der Waals surface area contributed by atoms with E-state index >= 15 is 0 Å². The van der Waals surface area contributed by atoms with E-state index in [0.29, 0.717) is 6.42 Å². The largest absolute Gasteiger partial charge is 0.391 e. The molecule has 5 heteroatoms. The minimum absolute atomic E-state index is 0.0255. The van der Waals surface area contributed by atoms with Crippen LogP contribution in [0.1, 0.15) is 25.7 Å². The molecule has 1 saturated heterocycles. The van der Waals surface area contributed by atoms with E-state index in [2.05, 4.69) is 0 Å². The van der Waals surface area contributed by atoms with Crippen LogP contribution in [0.5, 0.6) is 0 Å². The summed E-state index contributed by atoms with van der Waals surface area (Å²) in [6.45, 7) is 0.262. The topological polar surface area (TPSA) is 83.6 Å². The summed E-state index contributed by atoms with van der Waals surface area (Å²) in [6.07, 6.45) is 2.88. The third-order valence-corrected chi connectivity index (χ3v) is 4.48. The minimum atomic E-state index is -0.604. The molecular formula is C12H18N2O3. The molecule has 4 atom stereocenters. The maximum absolute atomic E-state index is 12.3. The smallest absolute Gasteiger partial charge is 0.240 e. The molecule has 3 N–H and O–H groups in total. The van der Waals surface area contributed by atoms with Crippen LogP contribution in [0, 0.1) is 17.8 Å². The Kier molecular flexibility index (Phi) is 2.40. The van der Waals surface area contributed by atoms with E-state index in [1.807, 2.05) is 0 Å². The van der Waals surface area contributed by atoms with Crippen molar-refractivity contribution < 1.29 is 14.7 Å². The van der Waals surface area contributed by atoms with Crippen LogP contribution in [0.4, 0.5) is 0 Å². The van der Waals surface area contributed by atoms with Crippen molar-refractivity contribution in [2.24, 2.45) is 23.5 Å². The van der Waals surface area contributed by atoms with Gasteiger partial charge in [0.1, 0.15) is 6.04 Å². The van der Waals surface area contributed by atoms with Gasteiger partial charge in [0.25, 0.3) is 0 Å². The number of fused-ring (bicyclic) bond motifs is 1. The van der Waals surface area contributed by atoms with Crippen molar-refractivity contribution in [1.82, 2.24) is 4.90 Å². The fraction of sp³-hybridized carbons (Fsp3) is 0.833.